The number of ether oxygens (including phenoxy) is 1. The SMILES string of the molecule is CCOC(=O)C1CN(c2nc(-c3cc(F)c(Cl)cc3F)nc3ccsc23)CCN1. The fourth-order valence-corrected chi connectivity index (χ4v) is 4.22. The van der Waals surface area contributed by atoms with Crippen LogP contribution in [0.1, 0.15) is 6.92 Å². The third-order valence-electron chi connectivity index (χ3n) is 4.58. The molecule has 1 aromatic carbocycles. The van der Waals surface area contributed by atoms with Crippen molar-refractivity contribution in [1.29, 1.82) is 0 Å². The van der Waals surface area contributed by atoms with Gasteiger partial charge in [0, 0.05) is 19.6 Å². The van der Waals surface area contributed by atoms with E-state index >= 15 is 0 Å². The van der Waals surface area contributed by atoms with Crippen molar-refractivity contribution in [3.8, 4) is 11.4 Å². The van der Waals surface area contributed by atoms with E-state index in [9.17, 15) is 13.6 Å². The number of nitrogens with zero attached hydrogens (tertiary/aromatic N) is 3. The van der Waals surface area contributed by atoms with E-state index in [4.69, 9.17) is 16.3 Å². The molecule has 2 aromatic heterocycles. The monoisotopic (exact) mass is 438 g/mol. The zero-order valence-corrected chi connectivity index (χ0v) is 17.0. The van der Waals surface area contributed by atoms with Gasteiger partial charge in [-0.1, -0.05) is 11.6 Å². The van der Waals surface area contributed by atoms with Crippen molar-refractivity contribution >= 4 is 44.9 Å². The average Bonchev–Trinajstić information content (AvgIpc) is 3.19. The summed E-state index contributed by atoms with van der Waals surface area (Å²) < 4.78 is 34.3. The Morgan fingerprint density at radius 3 is 3.00 bits per heavy atom. The maximum absolute atomic E-state index is 14.5. The molecule has 152 valence electrons. The average molecular weight is 439 g/mol. The molecule has 0 saturated carbocycles. The van der Waals surface area contributed by atoms with Crippen LogP contribution in [0.2, 0.25) is 5.02 Å². The van der Waals surface area contributed by atoms with E-state index in [1.807, 2.05) is 10.3 Å². The Hall–Kier alpha value is -2.36. The van der Waals surface area contributed by atoms with Crippen LogP contribution in [-0.4, -0.2) is 48.2 Å². The van der Waals surface area contributed by atoms with Gasteiger partial charge in [-0.15, -0.1) is 11.3 Å². The van der Waals surface area contributed by atoms with Crippen molar-refractivity contribution < 1.29 is 18.3 Å². The van der Waals surface area contributed by atoms with Crippen molar-refractivity contribution in [2.24, 2.45) is 0 Å². The Labute approximate surface area is 174 Å². The quantitative estimate of drug-likeness (QED) is 0.495. The molecule has 1 aliphatic rings. The van der Waals surface area contributed by atoms with Crippen LogP contribution < -0.4 is 10.2 Å². The number of nitrogens with one attached hydrogen (secondary N) is 1. The highest BCUT2D eigenvalue weighted by Gasteiger charge is 2.29. The Balaban J connectivity index is 1.76. The van der Waals surface area contributed by atoms with Gasteiger partial charge < -0.3 is 15.0 Å². The molecule has 4 rings (SSSR count). The molecule has 3 heterocycles. The number of carbonyl (C=O) groups excluding carboxylic acids is 1. The standard InChI is InChI=1S/C19H17ClF2N4O2S/c1-2-28-19(27)15-9-26(5-4-23-15)18-16-14(3-6-29-16)24-17(25-18)10-7-13(22)11(20)8-12(10)21/h3,6-8,15,23H,2,4-5,9H2,1H3. The fraction of sp³-hybridized carbons (Fsp3) is 0.316. The number of anilines is 1. The minimum absolute atomic E-state index is 0.0604. The molecule has 6 nitrogen and oxygen atoms in total. The lowest BCUT2D eigenvalue weighted by atomic mass is 10.1. The number of fused-ring (bicyclic) bond motifs is 1. The lowest BCUT2D eigenvalue weighted by Gasteiger charge is -2.33. The molecule has 1 unspecified atom stereocenters. The van der Waals surface area contributed by atoms with Gasteiger partial charge in [-0.2, -0.15) is 0 Å². The number of piperazine rings is 1. The first kappa shape index (κ1) is 19.9. The number of rotatable bonds is 4. The summed E-state index contributed by atoms with van der Waals surface area (Å²) in [4.78, 5) is 23.0. The minimum Gasteiger partial charge on any atom is -0.465 e. The number of hydrogen-bond donors (Lipinski definition) is 1. The Morgan fingerprint density at radius 2 is 2.21 bits per heavy atom. The Kier molecular flexibility index (Phi) is 5.62. The maximum Gasteiger partial charge on any atom is 0.324 e. The highest BCUT2D eigenvalue weighted by molar-refractivity contribution is 7.17. The topological polar surface area (TPSA) is 67.3 Å². The van der Waals surface area contributed by atoms with Crippen LogP contribution in [0.25, 0.3) is 21.6 Å². The molecule has 1 fully saturated rings. The van der Waals surface area contributed by atoms with Crippen LogP contribution >= 0.6 is 22.9 Å². The summed E-state index contributed by atoms with van der Waals surface area (Å²) in [5, 5.41) is 4.69. The second kappa shape index (κ2) is 8.17. The number of thiophene rings is 1. The maximum atomic E-state index is 14.5. The Morgan fingerprint density at radius 1 is 1.38 bits per heavy atom. The predicted octanol–water partition coefficient (Wildman–Crippen LogP) is 3.63. The number of benzene rings is 1. The summed E-state index contributed by atoms with van der Waals surface area (Å²) in [6, 6.07) is 3.20. The first-order chi connectivity index (χ1) is 14.0. The van der Waals surface area contributed by atoms with Crippen molar-refractivity contribution in [2.45, 2.75) is 13.0 Å². The number of carbonyl (C=O) groups is 1. The van der Waals surface area contributed by atoms with Crippen molar-refractivity contribution in [3.63, 3.8) is 0 Å². The highest BCUT2D eigenvalue weighted by atomic mass is 35.5. The normalized spacial score (nSPS) is 17.0. The highest BCUT2D eigenvalue weighted by Crippen LogP contribution is 2.33. The van der Waals surface area contributed by atoms with Gasteiger partial charge in [0.05, 0.1) is 27.4 Å². The van der Waals surface area contributed by atoms with Crippen LogP contribution in [-0.2, 0) is 9.53 Å². The van der Waals surface area contributed by atoms with Gasteiger partial charge in [-0.25, -0.2) is 18.7 Å². The second-order valence-corrected chi connectivity index (χ2v) is 7.78. The summed E-state index contributed by atoms with van der Waals surface area (Å²) in [7, 11) is 0. The van der Waals surface area contributed by atoms with Crippen LogP contribution in [0.3, 0.4) is 0 Å². The van der Waals surface area contributed by atoms with E-state index in [0.717, 1.165) is 16.8 Å². The lowest BCUT2D eigenvalue weighted by Crippen LogP contribution is -2.55. The van der Waals surface area contributed by atoms with E-state index in [1.165, 1.54) is 11.3 Å². The summed E-state index contributed by atoms with van der Waals surface area (Å²) in [6.45, 7) is 3.55. The molecule has 0 bridgehead atoms. The zero-order valence-electron chi connectivity index (χ0n) is 15.4. The first-order valence-corrected chi connectivity index (χ1v) is 10.3. The number of hydrogen-bond acceptors (Lipinski definition) is 7. The zero-order chi connectivity index (χ0) is 20.5. The fourth-order valence-electron chi connectivity index (χ4n) is 3.22. The lowest BCUT2D eigenvalue weighted by molar-refractivity contribution is -0.145. The van der Waals surface area contributed by atoms with E-state index < -0.39 is 17.7 Å². The molecule has 1 saturated heterocycles. The van der Waals surface area contributed by atoms with E-state index in [1.54, 1.807) is 13.0 Å². The molecule has 1 atom stereocenters. The van der Waals surface area contributed by atoms with Gasteiger partial charge in [0.1, 0.15) is 17.7 Å². The molecule has 0 spiro atoms. The molecular formula is C19H17ClF2N4O2S. The Bertz CT molecular complexity index is 1080. The van der Waals surface area contributed by atoms with Crippen LogP contribution in [0.5, 0.6) is 0 Å². The molecule has 3 aromatic rings. The van der Waals surface area contributed by atoms with Crippen LogP contribution in [0, 0.1) is 11.6 Å². The minimum atomic E-state index is -0.747. The molecule has 1 N–H and O–H groups in total. The number of aromatic nitrogens is 2. The third kappa shape index (κ3) is 3.90. The van der Waals surface area contributed by atoms with Gasteiger partial charge in [-0.3, -0.25) is 4.79 Å². The van der Waals surface area contributed by atoms with E-state index in [0.29, 0.717) is 37.6 Å². The summed E-state index contributed by atoms with van der Waals surface area (Å²) >= 11 is 7.11. The van der Waals surface area contributed by atoms with Crippen molar-refractivity contribution in [2.75, 3.05) is 31.1 Å². The summed E-state index contributed by atoms with van der Waals surface area (Å²) in [5.41, 5.74) is 0.550. The molecule has 1 aliphatic heterocycles. The molecule has 0 amide bonds. The van der Waals surface area contributed by atoms with Gasteiger partial charge in [0.25, 0.3) is 0 Å². The predicted molar refractivity (Wildman–Crippen MR) is 108 cm³/mol. The third-order valence-corrected chi connectivity index (χ3v) is 5.77. The van der Waals surface area contributed by atoms with Crippen LogP contribution in [0.4, 0.5) is 14.6 Å². The molecular weight excluding hydrogens is 422 g/mol. The van der Waals surface area contributed by atoms with Gasteiger partial charge in [0.15, 0.2) is 11.6 Å². The summed E-state index contributed by atoms with van der Waals surface area (Å²) in [5.74, 6) is -1.15. The van der Waals surface area contributed by atoms with Gasteiger partial charge in [0.2, 0.25) is 0 Å². The molecule has 0 radical (unpaired) electrons. The van der Waals surface area contributed by atoms with E-state index in [2.05, 4.69) is 15.3 Å². The van der Waals surface area contributed by atoms with Gasteiger partial charge in [-0.05, 0) is 30.5 Å². The van der Waals surface area contributed by atoms with Gasteiger partial charge >= 0.3 is 5.97 Å². The van der Waals surface area contributed by atoms with Crippen LogP contribution in [0.15, 0.2) is 23.6 Å². The smallest absolute Gasteiger partial charge is 0.324 e. The largest absolute Gasteiger partial charge is 0.465 e. The summed E-state index contributed by atoms with van der Waals surface area (Å²) in [6.07, 6.45) is 0. The first-order valence-electron chi connectivity index (χ1n) is 9.03. The van der Waals surface area contributed by atoms with E-state index in [-0.39, 0.29) is 22.4 Å². The number of halogens is 3. The molecule has 29 heavy (non-hydrogen) atoms. The molecule has 10 heteroatoms. The second-order valence-electron chi connectivity index (χ2n) is 6.46. The molecule has 0 aliphatic carbocycles. The van der Waals surface area contributed by atoms with Crippen molar-refractivity contribution in [3.05, 3.63) is 40.2 Å². The number of esters is 1. The van der Waals surface area contributed by atoms with Crippen molar-refractivity contribution in [1.82, 2.24) is 15.3 Å².